The lowest BCUT2D eigenvalue weighted by molar-refractivity contribution is -0.123. The summed E-state index contributed by atoms with van der Waals surface area (Å²) in [4.78, 5) is 13.2. The van der Waals surface area contributed by atoms with Crippen molar-refractivity contribution in [1.29, 1.82) is 0 Å². The molecule has 2 rings (SSSR count). The van der Waals surface area contributed by atoms with Gasteiger partial charge in [-0.15, -0.1) is 0 Å². The van der Waals surface area contributed by atoms with Crippen molar-refractivity contribution in [3.8, 4) is 0 Å². The van der Waals surface area contributed by atoms with Crippen LogP contribution in [-0.4, -0.2) is 23.4 Å². The Morgan fingerprint density at radius 3 is 2.94 bits per heavy atom. The molecule has 4 heteroatoms. The van der Waals surface area contributed by atoms with Crippen LogP contribution in [-0.2, 0) is 17.8 Å². The van der Waals surface area contributed by atoms with E-state index in [9.17, 15) is 4.79 Å². The fourth-order valence-electron chi connectivity index (χ4n) is 2.14. The third-order valence-electron chi connectivity index (χ3n) is 3.30. The molecule has 1 atom stereocenters. The van der Waals surface area contributed by atoms with Gasteiger partial charge >= 0.3 is 0 Å². The predicted molar refractivity (Wildman–Crippen MR) is 63.6 cm³/mol. The summed E-state index contributed by atoms with van der Waals surface area (Å²) in [5.74, 6) is -0.280. The Bertz CT molecular complexity index is 417. The van der Waals surface area contributed by atoms with E-state index < -0.39 is 0 Å². The number of rotatable bonds is 2. The van der Waals surface area contributed by atoms with Crippen molar-refractivity contribution < 1.29 is 4.79 Å². The molecule has 16 heavy (non-hydrogen) atoms. The molecule has 1 aromatic carbocycles. The monoisotopic (exact) mass is 219 g/mol. The molecule has 0 aliphatic carbocycles. The highest BCUT2D eigenvalue weighted by Crippen LogP contribution is 2.25. The Hall–Kier alpha value is -1.55. The van der Waals surface area contributed by atoms with Crippen molar-refractivity contribution in [2.45, 2.75) is 25.9 Å². The van der Waals surface area contributed by atoms with Gasteiger partial charge in [0.1, 0.15) is 0 Å². The minimum absolute atomic E-state index is 0.229. The number of carbonyl (C=O) groups excluding carboxylic acids is 1. The van der Waals surface area contributed by atoms with Gasteiger partial charge in [0.2, 0.25) is 5.91 Å². The molecule has 0 aromatic heterocycles. The molecule has 0 radical (unpaired) electrons. The van der Waals surface area contributed by atoms with Gasteiger partial charge in [0, 0.05) is 18.8 Å². The molecule has 1 heterocycles. The van der Waals surface area contributed by atoms with E-state index in [0.717, 1.165) is 24.2 Å². The van der Waals surface area contributed by atoms with E-state index in [-0.39, 0.29) is 11.9 Å². The average molecular weight is 219 g/mol. The second kappa shape index (κ2) is 4.14. The number of benzene rings is 1. The summed E-state index contributed by atoms with van der Waals surface area (Å²) in [5, 5.41) is 0. The summed E-state index contributed by atoms with van der Waals surface area (Å²) in [6.07, 6.45) is 0.929. The molecule has 1 aliphatic heterocycles. The Kier molecular flexibility index (Phi) is 2.83. The van der Waals surface area contributed by atoms with Gasteiger partial charge in [-0.25, -0.2) is 0 Å². The quantitative estimate of drug-likeness (QED) is 0.711. The lowest BCUT2D eigenvalue weighted by Crippen LogP contribution is -2.45. The number of anilines is 1. The summed E-state index contributed by atoms with van der Waals surface area (Å²) >= 11 is 0. The molecule has 4 nitrogen and oxygen atoms in total. The van der Waals surface area contributed by atoms with Gasteiger partial charge in [0.15, 0.2) is 0 Å². The zero-order valence-corrected chi connectivity index (χ0v) is 9.44. The number of nitrogen functional groups attached to an aromatic ring is 1. The van der Waals surface area contributed by atoms with Crippen molar-refractivity contribution in [3.63, 3.8) is 0 Å². The maximum absolute atomic E-state index is 11.1. The van der Waals surface area contributed by atoms with Crippen LogP contribution in [0, 0.1) is 0 Å². The molecule has 1 aromatic rings. The molecule has 1 amide bonds. The topological polar surface area (TPSA) is 72.4 Å². The smallest absolute Gasteiger partial charge is 0.234 e. The molecule has 4 N–H and O–H groups in total. The van der Waals surface area contributed by atoms with Gasteiger partial charge in [-0.1, -0.05) is 12.1 Å². The molecular weight excluding hydrogens is 202 g/mol. The highest BCUT2D eigenvalue weighted by Gasteiger charge is 2.24. The number of amides is 1. The first-order valence-corrected chi connectivity index (χ1v) is 5.49. The van der Waals surface area contributed by atoms with Gasteiger partial charge in [-0.3, -0.25) is 9.69 Å². The predicted octanol–water partition coefficient (Wildman–Crippen LogP) is 0.501. The molecule has 0 saturated carbocycles. The molecule has 0 fully saturated rings. The Labute approximate surface area is 95.2 Å². The number of hydrogen-bond acceptors (Lipinski definition) is 3. The molecular formula is C12H17N3O. The van der Waals surface area contributed by atoms with E-state index in [1.807, 2.05) is 19.1 Å². The second-order valence-electron chi connectivity index (χ2n) is 4.28. The third kappa shape index (κ3) is 1.88. The van der Waals surface area contributed by atoms with Gasteiger partial charge < -0.3 is 11.5 Å². The van der Waals surface area contributed by atoms with E-state index >= 15 is 0 Å². The number of hydrogen-bond donors (Lipinski definition) is 2. The van der Waals surface area contributed by atoms with Crippen molar-refractivity contribution in [2.75, 3.05) is 12.3 Å². The third-order valence-corrected chi connectivity index (χ3v) is 3.30. The van der Waals surface area contributed by atoms with E-state index in [1.54, 1.807) is 0 Å². The first-order valence-electron chi connectivity index (χ1n) is 5.49. The SMILES string of the molecule is CC(C(N)=O)N1CCc2cccc(N)c2C1. The van der Waals surface area contributed by atoms with E-state index in [0.29, 0.717) is 6.54 Å². The fraction of sp³-hybridized carbons (Fsp3) is 0.417. The standard InChI is InChI=1S/C12H17N3O/c1-8(12(14)16)15-6-5-9-3-2-4-11(13)10(9)7-15/h2-4,8H,5-7,13H2,1H3,(H2,14,16). The van der Waals surface area contributed by atoms with Crippen molar-refractivity contribution >= 4 is 11.6 Å². The number of nitrogens with zero attached hydrogens (tertiary/aromatic N) is 1. The van der Waals surface area contributed by atoms with Crippen LogP contribution in [0.4, 0.5) is 5.69 Å². The van der Waals surface area contributed by atoms with E-state index in [4.69, 9.17) is 11.5 Å². The fourth-order valence-corrected chi connectivity index (χ4v) is 2.14. The summed E-state index contributed by atoms with van der Waals surface area (Å²) in [6, 6.07) is 5.74. The maximum Gasteiger partial charge on any atom is 0.234 e. The summed E-state index contributed by atoms with van der Waals surface area (Å²) in [7, 11) is 0. The average Bonchev–Trinajstić information content (AvgIpc) is 2.28. The van der Waals surface area contributed by atoms with Crippen LogP contribution in [0.1, 0.15) is 18.1 Å². The second-order valence-corrected chi connectivity index (χ2v) is 4.28. The van der Waals surface area contributed by atoms with Crippen LogP contribution < -0.4 is 11.5 Å². The summed E-state index contributed by atoms with van der Waals surface area (Å²) < 4.78 is 0. The lowest BCUT2D eigenvalue weighted by Gasteiger charge is -2.32. The molecule has 0 bridgehead atoms. The Morgan fingerprint density at radius 1 is 1.50 bits per heavy atom. The maximum atomic E-state index is 11.1. The highest BCUT2D eigenvalue weighted by molar-refractivity contribution is 5.79. The van der Waals surface area contributed by atoms with E-state index in [1.165, 1.54) is 5.56 Å². The van der Waals surface area contributed by atoms with E-state index in [2.05, 4.69) is 11.0 Å². The van der Waals surface area contributed by atoms with Crippen molar-refractivity contribution in [3.05, 3.63) is 29.3 Å². The zero-order chi connectivity index (χ0) is 11.7. The van der Waals surface area contributed by atoms with Crippen LogP contribution in [0.5, 0.6) is 0 Å². The summed E-state index contributed by atoms with van der Waals surface area (Å²) in [6.45, 7) is 3.42. The molecule has 1 aliphatic rings. The first kappa shape index (κ1) is 11.0. The zero-order valence-electron chi connectivity index (χ0n) is 9.44. The van der Waals surface area contributed by atoms with Crippen molar-refractivity contribution in [1.82, 2.24) is 4.90 Å². The van der Waals surface area contributed by atoms with Crippen LogP contribution in [0.3, 0.4) is 0 Å². The highest BCUT2D eigenvalue weighted by atomic mass is 16.1. The van der Waals surface area contributed by atoms with Crippen LogP contribution in [0.15, 0.2) is 18.2 Å². The number of carbonyl (C=O) groups is 1. The lowest BCUT2D eigenvalue weighted by atomic mass is 9.97. The Balaban J connectivity index is 2.23. The van der Waals surface area contributed by atoms with Crippen LogP contribution in [0.25, 0.3) is 0 Å². The normalized spacial score (nSPS) is 17.8. The minimum Gasteiger partial charge on any atom is -0.398 e. The van der Waals surface area contributed by atoms with Crippen LogP contribution in [0.2, 0.25) is 0 Å². The number of fused-ring (bicyclic) bond motifs is 1. The van der Waals surface area contributed by atoms with Crippen LogP contribution >= 0.6 is 0 Å². The molecule has 86 valence electrons. The van der Waals surface area contributed by atoms with Gasteiger partial charge in [0.25, 0.3) is 0 Å². The molecule has 1 unspecified atom stereocenters. The molecule has 0 saturated heterocycles. The van der Waals surface area contributed by atoms with Crippen molar-refractivity contribution in [2.24, 2.45) is 5.73 Å². The number of primary amides is 1. The number of nitrogens with two attached hydrogens (primary N) is 2. The van der Waals surface area contributed by atoms with Gasteiger partial charge in [-0.2, -0.15) is 0 Å². The molecule has 0 spiro atoms. The van der Waals surface area contributed by atoms with Gasteiger partial charge in [-0.05, 0) is 30.5 Å². The van der Waals surface area contributed by atoms with Gasteiger partial charge in [0.05, 0.1) is 6.04 Å². The first-order chi connectivity index (χ1) is 7.59. The largest absolute Gasteiger partial charge is 0.398 e. The summed E-state index contributed by atoms with van der Waals surface area (Å²) in [5.41, 5.74) is 14.5. The Morgan fingerprint density at radius 2 is 2.25 bits per heavy atom. The minimum atomic E-state index is -0.280.